The average molecular weight is 246 g/mol. The summed E-state index contributed by atoms with van der Waals surface area (Å²) in [5.74, 6) is 0.0497. The van der Waals surface area contributed by atoms with Gasteiger partial charge in [0.25, 0.3) is 5.91 Å². The molecule has 1 amide bonds. The van der Waals surface area contributed by atoms with E-state index in [9.17, 15) is 9.90 Å². The number of carbonyl (C=O) groups excluding carboxylic acids is 1. The van der Waals surface area contributed by atoms with Crippen LogP contribution in [0.4, 0.5) is 0 Å². The lowest BCUT2D eigenvalue weighted by Crippen LogP contribution is -2.24. The zero-order valence-corrected chi connectivity index (χ0v) is 10.5. The van der Waals surface area contributed by atoms with Crippen LogP contribution in [0.2, 0.25) is 0 Å². The molecular formula is C14H18N2O2. The molecule has 1 saturated carbocycles. The van der Waals surface area contributed by atoms with Gasteiger partial charge in [0.05, 0.1) is 5.56 Å². The molecule has 1 fully saturated rings. The maximum absolute atomic E-state index is 11.8. The highest BCUT2D eigenvalue weighted by Gasteiger charge is 2.16. The average Bonchev–Trinajstić information content (AvgIpc) is 2.38. The summed E-state index contributed by atoms with van der Waals surface area (Å²) in [4.78, 5) is 11.8. The van der Waals surface area contributed by atoms with Crippen molar-refractivity contribution in [1.29, 1.82) is 0 Å². The first-order valence-electron chi connectivity index (χ1n) is 6.33. The van der Waals surface area contributed by atoms with E-state index in [1.807, 2.05) is 0 Å². The molecule has 1 aliphatic rings. The fraction of sp³-hybridized carbons (Fsp3) is 0.429. The molecule has 0 spiro atoms. The van der Waals surface area contributed by atoms with Crippen molar-refractivity contribution < 1.29 is 9.90 Å². The number of hydrogen-bond acceptors (Lipinski definition) is 3. The number of amides is 1. The number of para-hydroxylation sites is 1. The van der Waals surface area contributed by atoms with Crippen molar-refractivity contribution in [2.45, 2.75) is 32.6 Å². The third-order valence-corrected chi connectivity index (χ3v) is 3.34. The van der Waals surface area contributed by atoms with Gasteiger partial charge in [-0.2, -0.15) is 5.10 Å². The van der Waals surface area contributed by atoms with Crippen LogP contribution in [0.5, 0.6) is 5.75 Å². The zero-order chi connectivity index (χ0) is 13.0. The minimum atomic E-state index is -0.363. The highest BCUT2D eigenvalue weighted by atomic mass is 16.3. The molecule has 0 heterocycles. The highest BCUT2D eigenvalue weighted by molar-refractivity contribution is 5.98. The number of hydrogen-bond donors (Lipinski definition) is 2. The Morgan fingerprint density at radius 2 is 2.17 bits per heavy atom. The van der Waals surface area contributed by atoms with Crippen molar-refractivity contribution in [3.05, 3.63) is 29.8 Å². The number of benzene rings is 1. The van der Waals surface area contributed by atoms with Gasteiger partial charge in [-0.3, -0.25) is 4.79 Å². The molecular weight excluding hydrogens is 228 g/mol. The number of phenolic OH excluding ortho intramolecular Hbond substituents is 1. The predicted octanol–water partition coefficient (Wildman–Crippen LogP) is 2.69. The van der Waals surface area contributed by atoms with E-state index in [1.54, 1.807) is 18.2 Å². The Bertz CT molecular complexity index is 469. The summed E-state index contributed by atoms with van der Waals surface area (Å²) in [6.07, 6.45) is 4.44. The van der Waals surface area contributed by atoms with E-state index in [0.29, 0.717) is 5.92 Å². The largest absolute Gasteiger partial charge is 0.507 e. The number of hydrazone groups is 1. The molecule has 1 aromatic carbocycles. The normalized spacial score (nSPS) is 21.8. The molecule has 0 radical (unpaired) electrons. The van der Waals surface area contributed by atoms with Crippen LogP contribution in [0.1, 0.15) is 43.0 Å². The molecule has 1 atom stereocenters. The van der Waals surface area contributed by atoms with E-state index in [-0.39, 0.29) is 17.2 Å². The van der Waals surface area contributed by atoms with Crippen molar-refractivity contribution >= 4 is 11.6 Å². The molecule has 18 heavy (non-hydrogen) atoms. The maximum atomic E-state index is 11.8. The highest BCUT2D eigenvalue weighted by Crippen LogP contribution is 2.21. The second-order valence-corrected chi connectivity index (χ2v) is 4.71. The molecule has 4 nitrogen and oxygen atoms in total. The van der Waals surface area contributed by atoms with Crippen LogP contribution in [0, 0.1) is 5.92 Å². The summed E-state index contributed by atoms with van der Waals surface area (Å²) < 4.78 is 0. The van der Waals surface area contributed by atoms with Crippen molar-refractivity contribution in [3.8, 4) is 5.75 Å². The van der Waals surface area contributed by atoms with Gasteiger partial charge < -0.3 is 5.11 Å². The maximum Gasteiger partial charge on any atom is 0.275 e. The van der Waals surface area contributed by atoms with E-state index in [0.717, 1.165) is 25.0 Å². The van der Waals surface area contributed by atoms with Gasteiger partial charge in [0.2, 0.25) is 0 Å². The molecule has 0 bridgehead atoms. The van der Waals surface area contributed by atoms with Gasteiger partial charge in [-0.1, -0.05) is 25.5 Å². The predicted molar refractivity (Wildman–Crippen MR) is 70.6 cm³/mol. The Labute approximate surface area is 107 Å². The van der Waals surface area contributed by atoms with Gasteiger partial charge in [-0.25, -0.2) is 5.43 Å². The van der Waals surface area contributed by atoms with E-state index in [4.69, 9.17) is 0 Å². The summed E-state index contributed by atoms with van der Waals surface area (Å²) in [5.41, 5.74) is 3.83. The molecule has 1 aliphatic carbocycles. The Hall–Kier alpha value is -1.84. The van der Waals surface area contributed by atoms with Gasteiger partial charge in [0.1, 0.15) is 5.75 Å². The number of phenols is 1. The fourth-order valence-corrected chi connectivity index (χ4v) is 2.18. The number of rotatable bonds is 2. The molecule has 0 aliphatic heterocycles. The van der Waals surface area contributed by atoms with Gasteiger partial charge in [-0.15, -0.1) is 0 Å². The molecule has 2 N–H and O–H groups in total. The standard InChI is InChI=1S/C14H18N2O2/c1-10-6-2-4-8-12(10)15-16-14(18)11-7-3-5-9-13(11)17/h3,5,7,9-10,17H,2,4,6,8H2,1H3,(H,16,18)/b15-12-/t10-/m1/s1. The molecule has 96 valence electrons. The van der Waals surface area contributed by atoms with Crippen molar-refractivity contribution in [1.82, 2.24) is 5.43 Å². The first-order chi connectivity index (χ1) is 8.68. The summed E-state index contributed by atoms with van der Waals surface area (Å²) in [6, 6.07) is 6.46. The summed E-state index contributed by atoms with van der Waals surface area (Å²) in [6.45, 7) is 2.13. The van der Waals surface area contributed by atoms with Crippen LogP contribution < -0.4 is 5.43 Å². The van der Waals surface area contributed by atoms with Crippen LogP contribution in [0.15, 0.2) is 29.4 Å². The lowest BCUT2D eigenvalue weighted by atomic mass is 9.89. The number of aromatic hydroxyl groups is 1. The van der Waals surface area contributed by atoms with Gasteiger partial charge in [0.15, 0.2) is 0 Å². The van der Waals surface area contributed by atoms with Crippen LogP contribution >= 0.6 is 0 Å². The van der Waals surface area contributed by atoms with Crippen molar-refractivity contribution in [2.24, 2.45) is 11.0 Å². The number of nitrogens with one attached hydrogen (secondary N) is 1. The van der Waals surface area contributed by atoms with E-state index in [2.05, 4.69) is 17.5 Å². The lowest BCUT2D eigenvalue weighted by molar-refractivity contribution is 0.0951. The van der Waals surface area contributed by atoms with E-state index >= 15 is 0 Å². The SMILES string of the molecule is C[C@@H]1CCCC/C1=N/NC(=O)c1ccccc1O. The first kappa shape index (κ1) is 12.6. The molecule has 2 rings (SSSR count). The second kappa shape index (κ2) is 5.67. The van der Waals surface area contributed by atoms with Crippen LogP contribution in [0.3, 0.4) is 0 Å². The summed E-state index contributed by atoms with van der Waals surface area (Å²) in [5, 5.41) is 13.7. The van der Waals surface area contributed by atoms with Gasteiger partial charge >= 0.3 is 0 Å². The second-order valence-electron chi connectivity index (χ2n) is 4.71. The number of nitrogens with zero attached hydrogens (tertiary/aromatic N) is 1. The summed E-state index contributed by atoms with van der Waals surface area (Å²) in [7, 11) is 0. The van der Waals surface area contributed by atoms with E-state index < -0.39 is 0 Å². The molecule has 0 unspecified atom stereocenters. The molecule has 0 saturated heterocycles. The van der Waals surface area contributed by atoms with Crippen LogP contribution in [0.25, 0.3) is 0 Å². The van der Waals surface area contributed by atoms with E-state index in [1.165, 1.54) is 12.5 Å². The monoisotopic (exact) mass is 246 g/mol. The molecule has 1 aromatic rings. The minimum Gasteiger partial charge on any atom is -0.507 e. The number of carbonyl (C=O) groups is 1. The zero-order valence-electron chi connectivity index (χ0n) is 10.5. The molecule has 0 aromatic heterocycles. The van der Waals surface area contributed by atoms with Gasteiger partial charge in [-0.05, 0) is 37.3 Å². The Morgan fingerprint density at radius 1 is 1.39 bits per heavy atom. The van der Waals surface area contributed by atoms with Crippen LogP contribution in [-0.2, 0) is 0 Å². The first-order valence-corrected chi connectivity index (χ1v) is 6.33. The lowest BCUT2D eigenvalue weighted by Gasteiger charge is -2.19. The fourth-order valence-electron chi connectivity index (χ4n) is 2.18. The topological polar surface area (TPSA) is 61.7 Å². The quantitative estimate of drug-likeness (QED) is 0.788. The smallest absolute Gasteiger partial charge is 0.275 e. The Kier molecular flexibility index (Phi) is 3.97. The third kappa shape index (κ3) is 2.88. The molecule has 4 heteroatoms. The van der Waals surface area contributed by atoms with Crippen molar-refractivity contribution in [2.75, 3.05) is 0 Å². The summed E-state index contributed by atoms with van der Waals surface area (Å²) >= 11 is 0. The Balaban J connectivity index is 2.04. The van der Waals surface area contributed by atoms with Crippen LogP contribution in [-0.4, -0.2) is 16.7 Å². The third-order valence-electron chi connectivity index (χ3n) is 3.34. The Morgan fingerprint density at radius 3 is 2.89 bits per heavy atom. The van der Waals surface area contributed by atoms with Gasteiger partial charge in [0, 0.05) is 5.71 Å². The van der Waals surface area contributed by atoms with Crippen molar-refractivity contribution in [3.63, 3.8) is 0 Å². The minimum absolute atomic E-state index is 0.0214.